The molecule has 1 aromatic carbocycles. The Balaban J connectivity index is 1.99. The number of hydrogen-bond donors (Lipinski definition) is 2. The lowest BCUT2D eigenvalue weighted by Crippen LogP contribution is -2.25. The standard InChI is InChI=1S/C17H18N4O3S/c1-13-4-2-5-15(21-13)12-19-17(22)14-6-8-16(9-7-14)25(23,24)20-11-3-10-18/h2,4-9,20H,3,11-12H2,1H3,(H,19,22). The van der Waals surface area contributed by atoms with E-state index in [1.165, 1.54) is 24.3 Å². The van der Waals surface area contributed by atoms with Gasteiger partial charge in [0.15, 0.2) is 0 Å². The molecule has 0 aliphatic carbocycles. The first-order valence-corrected chi connectivity index (χ1v) is 9.08. The number of nitrogens with zero attached hydrogens (tertiary/aromatic N) is 2. The molecule has 7 nitrogen and oxygen atoms in total. The molecule has 0 saturated carbocycles. The number of carbonyl (C=O) groups excluding carboxylic acids is 1. The lowest BCUT2D eigenvalue weighted by Gasteiger charge is -2.08. The number of aryl methyl sites for hydroxylation is 1. The summed E-state index contributed by atoms with van der Waals surface area (Å²) >= 11 is 0. The zero-order valence-electron chi connectivity index (χ0n) is 13.7. The van der Waals surface area contributed by atoms with E-state index in [4.69, 9.17) is 5.26 Å². The van der Waals surface area contributed by atoms with Crippen molar-refractivity contribution in [2.75, 3.05) is 6.54 Å². The summed E-state index contributed by atoms with van der Waals surface area (Å²) in [5.74, 6) is -0.315. The maximum absolute atomic E-state index is 12.1. The molecule has 2 rings (SSSR count). The summed E-state index contributed by atoms with van der Waals surface area (Å²) in [6.45, 7) is 2.20. The molecule has 0 atom stereocenters. The molecule has 0 unspecified atom stereocenters. The van der Waals surface area contributed by atoms with Crippen LogP contribution in [0.1, 0.15) is 28.2 Å². The topological polar surface area (TPSA) is 112 Å². The highest BCUT2D eigenvalue weighted by atomic mass is 32.2. The fraction of sp³-hybridized carbons (Fsp3) is 0.235. The van der Waals surface area contributed by atoms with Gasteiger partial charge in [0.25, 0.3) is 5.91 Å². The minimum Gasteiger partial charge on any atom is -0.346 e. The minimum absolute atomic E-state index is 0.0438. The van der Waals surface area contributed by atoms with Gasteiger partial charge in [-0.25, -0.2) is 13.1 Å². The molecule has 0 aliphatic heterocycles. The largest absolute Gasteiger partial charge is 0.346 e. The molecule has 25 heavy (non-hydrogen) atoms. The Bertz CT molecular complexity index is 887. The van der Waals surface area contributed by atoms with Crippen LogP contribution in [0.4, 0.5) is 0 Å². The smallest absolute Gasteiger partial charge is 0.251 e. The van der Waals surface area contributed by atoms with Crippen LogP contribution in [0.3, 0.4) is 0 Å². The second kappa shape index (κ2) is 8.37. The second-order valence-corrected chi connectivity index (χ2v) is 7.05. The van der Waals surface area contributed by atoms with Gasteiger partial charge in [-0.15, -0.1) is 0 Å². The fourth-order valence-electron chi connectivity index (χ4n) is 2.08. The minimum atomic E-state index is -3.68. The third-order valence-corrected chi connectivity index (χ3v) is 4.81. The maximum atomic E-state index is 12.1. The molecule has 2 aromatic rings. The molecule has 8 heteroatoms. The number of benzene rings is 1. The molecule has 130 valence electrons. The van der Waals surface area contributed by atoms with Crippen LogP contribution >= 0.6 is 0 Å². The van der Waals surface area contributed by atoms with Crippen LogP contribution < -0.4 is 10.0 Å². The predicted molar refractivity (Wildman–Crippen MR) is 92.0 cm³/mol. The highest BCUT2D eigenvalue weighted by Gasteiger charge is 2.14. The Labute approximate surface area is 146 Å². The van der Waals surface area contributed by atoms with E-state index >= 15 is 0 Å². The van der Waals surface area contributed by atoms with Gasteiger partial charge in [0.2, 0.25) is 10.0 Å². The van der Waals surface area contributed by atoms with Crippen LogP contribution in [0.5, 0.6) is 0 Å². The van der Waals surface area contributed by atoms with Gasteiger partial charge >= 0.3 is 0 Å². The predicted octanol–water partition coefficient (Wildman–Crippen LogP) is 1.51. The molecular formula is C17H18N4O3S. The van der Waals surface area contributed by atoms with E-state index in [2.05, 4.69) is 15.0 Å². The van der Waals surface area contributed by atoms with Crippen LogP contribution in [-0.2, 0) is 16.6 Å². The molecule has 0 spiro atoms. The number of amides is 1. The Kier molecular flexibility index (Phi) is 6.22. The second-order valence-electron chi connectivity index (χ2n) is 5.28. The van der Waals surface area contributed by atoms with Gasteiger partial charge in [-0.2, -0.15) is 5.26 Å². The van der Waals surface area contributed by atoms with Gasteiger partial charge < -0.3 is 5.32 Å². The molecule has 0 fully saturated rings. The number of pyridine rings is 1. The quantitative estimate of drug-likeness (QED) is 0.729. The summed E-state index contributed by atoms with van der Waals surface area (Å²) in [6.07, 6.45) is 0.0900. The van der Waals surface area contributed by atoms with E-state index in [-0.39, 0.29) is 30.3 Å². The Morgan fingerprint density at radius 1 is 1.20 bits per heavy atom. The van der Waals surface area contributed by atoms with Crippen molar-refractivity contribution in [3.8, 4) is 6.07 Å². The first-order chi connectivity index (χ1) is 11.9. The summed E-state index contributed by atoms with van der Waals surface area (Å²) in [7, 11) is -3.68. The van der Waals surface area contributed by atoms with Gasteiger partial charge in [-0.3, -0.25) is 9.78 Å². The number of carbonyl (C=O) groups is 1. The van der Waals surface area contributed by atoms with Crippen LogP contribution in [0.2, 0.25) is 0 Å². The molecule has 1 amide bonds. The van der Waals surface area contributed by atoms with Gasteiger partial charge in [0.1, 0.15) is 0 Å². The van der Waals surface area contributed by atoms with Gasteiger partial charge in [0, 0.05) is 24.2 Å². The molecule has 1 heterocycles. The third-order valence-electron chi connectivity index (χ3n) is 3.33. The normalized spacial score (nSPS) is 10.9. The summed E-state index contributed by atoms with van der Waals surface area (Å²) in [5.41, 5.74) is 1.96. The summed E-state index contributed by atoms with van der Waals surface area (Å²) in [4.78, 5) is 16.5. The number of hydrogen-bond acceptors (Lipinski definition) is 5. The van der Waals surface area contributed by atoms with E-state index in [9.17, 15) is 13.2 Å². The molecule has 0 radical (unpaired) electrons. The van der Waals surface area contributed by atoms with Crippen molar-refractivity contribution >= 4 is 15.9 Å². The summed E-state index contributed by atoms with van der Waals surface area (Å²) in [6, 6.07) is 13.0. The van der Waals surface area contributed by atoms with Crippen molar-refractivity contribution in [3.63, 3.8) is 0 Å². The average molecular weight is 358 g/mol. The van der Waals surface area contributed by atoms with E-state index in [1.807, 2.05) is 31.2 Å². The van der Waals surface area contributed by atoms with Gasteiger partial charge in [-0.1, -0.05) is 6.07 Å². The summed E-state index contributed by atoms with van der Waals surface area (Å²) < 4.78 is 26.3. The van der Waals surface area contributed by atoms with E-state index in [0.717, 1.165) is 11.4 Å². The van der Waals surface area contributed by atoms with Crippen molar-refractivity contribution in [2.45, 2.75) is 24.8 Å². The Hall–Kier alpha value is -2.76. The van der Waals surface area contributed by atoms with Gasteiger partial charge in [-0.05, 0) is 43.3 Å². The van der Waals surface area contributed by atoms with Crippen molar-refractivity contribution in [2.24, 2.45) is 0 Å². The van der Waals surface area contributed by atoms with E-state index in [1.54, 1.807) is 0 Å². The zero-order chi connectivity index (χ0) is 18.3. The Morgan fingerprint density at radius 3 is 2.56 bits per heavy atom. The van der Waals surface area contributed by atoms with Crippen LogP contribution in [0, 0.1) is 18.3 Å². The molecule has 0 aliphatic rings. The number of sulfonamides is 1. The van der Waals surface area contributed by atoms with Crippen LogP contribution in [-0.4, -0.2) is 25.9 Å². The average Bonchev–Trinajstić information content (AvgIpc) is 2.60. The molecule has 1 aromatic heterocycles. The van der Waals surface area contributed by atoms with Crippen LogP contribution in [0.15, 0.2) is 47.4 Å². The van der Waals surface area contributed by atoms with E-state index < -0.39 is 10.0 Å². The lowest BCUT2D eigenvalue weighted by atomic mass is 10.2. The third kappa shape index (κ3) is 5.38. The monoisotopic (exact) mass is 358 g/mol. The maximum Gasteiger partial charge on any atom is 0.251 e. The lowest BCUT2D eigenvalue weighted by molar-refractivity contribution is 0.0950. The number of aromatic nitrogens is 1. The Morgan fingerprint density at radius 2 is 1.92 bits per heavy atom. The van der Waals surface area contributed by atoms with Crippen molar-refractivity contribution in [1.29, 1.82) is 5.26 Å². The highest BCUT2D eigenvalue weighted by molar-refractivity contribution is 7.89. The summed E-state index contributed by atoms with van der Waals surface area (Å²) in [5, 5.41) is 11.2. The first-order valence-electron chi connectivity index (χ1n) is 7.60. The zero-order valence-corrected chi connectivity index (χ0v) is 14.5. The van der Waals surface area contributed by atoms with Crippen molar-refractivity contribution in [1.82, 2.24) is 15.0 Å². The number of nitriles is 1. The number of nitrogens with one attached hydrogen (secondary N) is 2. The van der Waals surface area contributed by atoms with Crippen molar-refractivity contribution in [3.05, 3.63) is 59.4 Å². The molecule has 0 saturated heterocycles. The van der Waals surface area contributed by atoms with Gasteiger partial charge in [0.05, 0.1) is 23.2 Å². The number of rotatable bonds is 7. The first kappa shape index (κ1) is 18.6. The highest BCUT2D eigenvalue weighted by Crippen LogP contribution is 2.11. The molecule has 2 N–H and O–H groups in total. The van der Waals surface area contributed by atoms with Crippen molar-refractivity contribution < 1.29 is 13.2 Å². The van der Waals surface area contributed by atoms with Crippen LogP contribution in [0.25, 0.3) is 0 Å². The fourth-order valence-corrected chi connectivity index (χ4v) is 3.11. The van der Waals surface area contributed by atoms with E-state index in [0.29, 0.717) is 5.56 Å². The molecular weight excluding hydrogens is 340 g/mol. The SMILES string of the molecule is Cc1cccc(CNC(=O)c2ccc(S(=O)(=O)NCCC#N)cc2)n1. The molecule has 0 bridgehead atoms.